The molecule has 172 valence electrons. The van der Waals surface area contributed by atoms with Crippen LogP contribution >= 0.6 is 0 Å². The second-order valence-electron chi connectivity index (χ2n) is 9.81. The Balaban J connectivity index is 1.50. The molecule has 0 aromatic rings. The van der Waals surface area contributed by atoms with Gasteiger partial charge in [0.25, 0.3) is 0 Å². The predicted octanol–water partition coefficient (Wildman–Crippen LogP) is -0.832. The highest BCUT2D eigenvalue weighted by Crippen LogP contribution is 2.58. The lowest BCUT2D eigenvalue weighted by Crippen LogP contribution is -2.60. The summed E-state index contributed by atoms with van der Waals surface area (Å²) in [6.07, 6.45) is -4.43. The minimum Gasteiger partial charge on any atom is -0.462 e. The minimum absolute atomic E-state index is 0.0309. The van der Waals surface area contributed by atoms with E-state index in [1.165, 1.54) is 0 Å². The van der Waals surface area contributed by atoms with E-state index in [0.29, 0.717) is 12.8 Å². The van der Waals surface area contributed by atoms with Crippen molar-refractivity contribution < 1.29 is 44.5 Å². The van der Waals surface area contributed by atoms with Crippen LogP contribution < -0.4 is 0 Å². The number of esters is 1. The third-order valence-electron chi connectivity index (χ3n) is 8.22. The van der Waals surface area contributed by atoms with E-state index in [0.717, 1.165) is 12.8 Å². The molecule has 4 rings (SSSR count). The summed E-state index contributed by atoms with van der Waals surface area (Å²) in [7, 11) is 0. The van der Waals surface area contributed by atoms with E-state index in [1.807, 2.05) is 6.92 Å². The molecule has 0 radical (unpaired) electrons. The Morgan fingerprint density at radius 1 is 1.10 bits per heavy atom. The fourth-order valence-corrected chi connectivity index (χ4v) is 6.25. The Hall–Kier alpha value is -0.810. The fraction of sp³-hybridized carbons (Fsp3) is 0.952. The maximum atomic E-state index is 12.2. The Morgan fingerprint density at radius 2 is 1.83 bits per heavy atom. The summed E-state index contributed by atoms with van der Waals surface area (Å²) in [4.78, 5) is 12.2. The van der Waals surface area contributed by atoms with Crippen LogP contribution in [0.4, 0.5) is 0 Å². The third-order valence-corrected chi connectivity index (χ3v) is 8.22. The van der Waals surface area contributed by atoms with Crippen LogP contribution in [-0.2, 0) is 19.0 Å². The van der Waals surface area contributed by atoms with Crippen LogP contribution in [0.15, 0.2) is 0 Å². The number of ether oxygens (including phenoxy) is 3. The summed E-state index contributed by atoms with van der Waals surface area (Å²) in [5, 5.41) is 50.3. The molecule has 0 aromatic heterocycles. The Kier molecular flexibility index (Phi) is 6.17. The Morgan fingerprint density at radius 3 is 2.53 bits per heavy atom. The average molecular weight is 430 g/mol. The average Bonchev–Trinajstić information content (AvgIpc) is 3.01. The van der Waals surface area contributed by atoms with E-state index in [-0.39, 0.29) is 42.4 Å². The SMILES string of the molecule is C[C@@H]1C(=O)O[C@H]2[C@H]1CC[C@]1(C)[C@@H]2[C@H](CO[C@@H]2O[C@H](CO)[C@@H](O)[C@H](O)[C@H]2O)CC[C@H]1O. The normalized spacial score (nSPS) is 53.7. The zero-order valence-electron chi connectivity index (χ0n) is 17.5. The van der Waals surface area contributed by atoms with E-state index in [9.17, 15) is 30.3 Å². The second-order valence-corrected chi connectivity index (χ2v) is 9.81. The van der Waals surface area contributed by atoms with Gasteiger partial charge in [0.1, 0.15) is 30.5 Å². The van der Waals surface area contributed by atoms with Gasteiger partial charge in [-0.25, -0.2) is 0 Å². The van der Waals surface area contributed by atoms with Crippen molar-refractivity contribution in [2.75, 3.05) is 13.2 Å². The van der Waals surface area contributed by atoms with E-state index in [1.54, 1.807) is 0 Å². The number of carbonyl (C=O) groups excluding carboxylic acids is 1. The van der Waals surface area contributed by atoms with Gasteiger partial charge in [0, 0.05) is 17.3 Å². The highest BCUT2D eigenvalue weighted by molar-refractivity contribution is 5.75. The predicted molar refractivity (Wildman–Crippen MR) is 102 cm³/mol. The lowest BCUT2D eigenvalue weighted by Gasteiger charge is -2.55. The van der Waals surface area contributed by atoms with E-state index in [2.05, 4.69) is 6.92 Å². The van der Waals surface area contributed by atoms with Crippen molar-refractivity contribution in [2.45, 2.75) is 82.4 Å². The maximum Gasteiger partial charge on any atom is 0.309 e. The monoisotopic (exact) mass is 430 g/mol. The first kappa shape index (κ1) is 22.4. The summed E-state index contributed by atoms with van der Waals surface area (Å²) in [6, 6.07) is 0. The van der Waals surface area contributed by atoms with Gasteiger partial charge in [0.2, 0.25) is 0 Å². The van der Waals surface area contributed by atoms with Crippen LogP contribution in [0, 0.1) is 29.1 Å². The number of hydrogen-bond acceptors (Lipinski definition) is 9. The van der Waals surface area contributed by atoms with Crippen LogP contribution in [0.2, 0.25) is 0 Å². The highest BCUT2D eigenvalue weighted by Gasteiger charge is 2.60. The largest absolute Gasteiger partial charge is 0.462 e. The molecule has 12 atom stereocenters. The smallest absolute Gasteiger partial charge is 0.309 e. The molecular formula is C21H34O9. The van der Waals surface area contributed by atoms with Gasteiger partial charge >= 0.3 is 5.97 Å². The van der Waals surface area contributed by atoms with Crippen LogP contribution in [0.1, 0.15) is 39.5 Å². The molecule has 0 spiro atoms. The van der Waals surface area contributed by atoms with Crippen molar-refractivity contribution in [1.29, 1.82) is 0 Å². The van der Waals surface area contributed by atoms with Crippen molar-refractivity contribution in [2.24, 2.45) is 29.1 Å². The molecule has 4 aliphatic rings. The molecule has 2 aliphatic heterocycles. The standard InChI is InChI=1S/C21H34O9/c1-9-11-5-6-21(2)13(23)4-3-10(14(21)18(11)30-19(9)27)8-28-20-17(26)16(25)15(24)12(7-22)29-20/h9-18,20,22-26H,3-8H2,1-2H3/t9-,10-,11-,12+,13+,14+,15+,16-,17+,18-,20+,21-/m0/s1. The fourth-order valence-electron chi connectivity index (χ4n) is 6.25. The first-order valence-electron chi connectivity index (χ1n) is 11.0. The van der Waals surface area contributed by atoms with Crippen LogP contribution in [0.25, 0.3) is 0 Å². The van der Waals surface area contributed by atoms with Crippen molar-refractivity contribution in [3.05, 3.63) is 0 Å². The van der Waals surface area contributed by atoms with Crippen LogP contribution in [0.5, 0.6) is 0 Å². The Bertz CT molecular complexity index is 642. The van der Waals surface area contributed by atoms with Crippen LogP contribution in [-0.4, -0.2) is 87.6 Å². The quantitative estimate of drug-likeness (QED) is 0.361. The molecule has 5 N–H and O–H groups in total. The minimum atomic E-state index is -1.49. The van der Waals surface area contributed by atoms with Crippen molar-refractivity contribution in [3.8, 4) is 0 Å². The van der Waals surface area contributed by atoms with E-state index in [4.69, 9.17) is 14.2 Å². The summed E-state index contributed by atoms with van der Waals surface area (Å²) in [5.74, 6) is -0.348. The number of rotatable bonds is 4. The number of fused-ring (bicyclic) bond motifs is 3. The molecule has 0 bridgehead atoms. The van der Waals surface area contributed by atoms with Gasteiger partial charge in [-0.3, -0.25) is 4.79 Å². The molecule has 0 unspecified atom stereocenters. The first-order valence-corrected chi connectivity index (χ1v) is 11.0. The molecule has 0 amide bonds. The highest BCUT2D eigenvalue weighted by atomic mass is 16.7. The van der Waals surface area contributed by atoms with Gasteiger partial charge in [0.05, 0.1) is 25.2 Å². The zero-order valence-corrected chi connectivity index (χ0v) is 17.5. The van der Waals surface area contributed by atoms with Gasteiger partial charge in [0.15, 0.2) is 6.29 Å². The van der Waals surface area contributed by atoms with Gasteiger partial charge in [-0.2, -0.15) is 0 Å². The van der Waals surface area contributed by atoms with E-state index < -0.39 is 48.8 Å². The lowest BCUT2D eigenvalue weighted by molar-refractivity contribution is -0.306. The number of aliphatic hydroxyl groups excluding tert-OH is 5. The second kappa shape index (κ2) is 8.27. The molecule has 0 aromatic carbocycles. The summed E-state index contributed by atoms with van der Waals surface area (Å²) in [6.45, 7) is 3.62. The molecule has 4 fully saturated rings. The molecule has 2 saturated carbocycles. The molecule has 2 aliphatic carbocycles. The molecule has 30 heavy (non-hydrogen) atoms. The van der Waals surface area contributed by atoms with Gasteiger partial charge in [-0.15, -0.1) is 0 Å². The third kappa shape index (κ3) is 3.48. The van der Waals surface area contributed by atoms with Crippen molar-refractivity contribution in [1.82, 2.24) is 0 Å². The molecule has 9 heteroatoms. The molecule has 2 heterocycles. The van der Waals surface area contributed by atoms with Gasteiger partial charge in [-0.1, -0.05) is 13.8 Å². The van der Waals surface area contributed by atoms with E-state index >= 15 is 0 Å². The van der Waals surface area contributed by atoms with Crippen molar-refractivity contribution in [3.63, 3.8) is 0 Å². The summed E-state index contributed by atoms with van der Waals surface area (Å²) in [5.41, 5.74) is -0.396. The van der Waals surface area contributed by atoms with Crippen LogP contribution in [0.3, 0.4) is 0 Å². The van der Waals surface area contributed by atoms with Crippen molar-refractivity contribution >= 4 is 5.97 Å². The topological polar surface area (TPSA) is 146 Å². The van der Waals surface area contributed by atoms with Gasteiger partial charge in [-0.05, 0) is 31.6 Å². The maximum absolute atomic E-state index is 12.2. The number of aliphatic hydroxyl groups is 5. The Labute approximate surface area is 175 Å². The number of carbonyl (C=O) groups is 1. The molecule has 9 nitrogen and oxygen atoms in total. The number of hydrogen-bond donors (Lipinski definition) is 5. The lowest BCUT2D eigenvalue weighted by atomic mass is 9.52. The van der Waals surface area contributed by atoms with Gasteiger partial charge < -0.3 is 39.7 Å². The first-order chi connectivity index (χ1) is 14.2. The summed E-state index contributed by atoms with van der Waals surface area (Å²) < 4.78 is 17.1. The molecule has 2 saturated heterocycles. The zero-order chi connectivity index (χ0) is 21.8. The summed E-state index contributed by atoms with van der Waals surface area (Å²) >= 11 is 0. The molecular weight excluding hydrogens is 396 g/mol.